The Morgan fingerprint density at radius 1 is 1.32 bits per heavy atom. The number of piperidine rings is 1. The molecule has 1 atom stereocenters. The van der Waals surface area contributed by atoms with Gasteiger partial charge < -0.3 is 4.90 Å². The van der Waals surface area contributed by atoms with E-state index in [-0.39, 0.29) is 29.0 Å². The number of nitrogens with zero attached hydrogens (tertiary/aromatic N) is 4. The van der Waals surface area contributed by atoms with E-state index in [1.807, 2.05) is 0 Å². The Bertz CT molecular complexity index is 984. The molecule has 28 heavy (non-hydrogen) atoms. The van der Waals surface area contributed by atoms with Crippen LogP contribution >= 0.6 is 0 Å². The molecular formula is C17H21N5O5S. The number of benzene rings is 1. The third-order valence-corrected chi connectivity index (χ3v) is 6.66. The van der Waals surface area contributed by atoms with Gasteiger partial charge in [-0.1, -0.05) is 0 Å². The largest absolute Gasteiger partial charge is 0.345 e. The van der Waals surface area contributed by atoms with Gasteiger partial charge in [-0.2, -0.15) is 9.40 Å². The number of hydrogen-bond donors (Lipinski definition) is 1. The van der Waals surface area contributed by atoms with Gasteiger partial charge in [-0.3, -0.25) is 20.0 Å². The number of amides is 1. The standard InChI is InChI=1S/C17H21N5O5S/c1-20(2)17(23)15-10-18-19-16(15)12-4-3-9-21(11-12)28(26,27)14-7-5-13(6-8-14)22(24)25/h5-8,10,12H,3-4,9,11H2,1-2H3,(H,18,19)/t12-/m1/s1. The van der Waals surface area contributed by atoms with Gasteiger partial charge in [0.25, 0.3) is 11.6 Å². The minimum atomic E-state index is -3.80. The molecule has 0 radical (unpaired) electrons. The highest BCUT2D eigenvalue weighted by Gasteiger charge is 2.33. The highest BCUT2D eigenvalue weighted by atomic mass is 32.2. The topological polar surface area (TPSA) is 130 Å². The Balaban J connectivity index is 1.84. The van der Waals surface area contributed by atoms with Crippen LogP contribution in [0.3, 0.4) is 0 Å². The average molecular weight is 407 g/mol. The fraction of sp³-hybridized carbons (Fsp3) is 0.412. The van der Waals surface area contributed by atoms with Crippen LogP contribution in [0.5, 0.6) is 0 Å². The Morgan fingerprint density at radius 2 is 2.00 bits per heavy atom. The predicted octanol–water partition coefficient (Wildman–Crippen LogP) is 1.59. The summed E-state index contributed by atoms with van der Waals surface area (Å²) in [6.07, 6.45) is 2.81. The van der Waals surface area contributed by atoms with Crippen molar-refractivity contribution in [3.05, 3.63) is 51.8 Å². The first kappa shape index (κ1) is 20.0. The summed E-state index contributed by atoms with van der Waals surface area (Å²) in [5, 5.41) is 17.6. The normalized spacial score (nSPS) is 18.0. The Kier molecular flexibility index (Phi) is 5.47. The number of rotatable bonds is 5. The highest BCUT2D eigenvalue weighted by Crippen LogP contribution is 2.31. The number of carbonyl (C=O) groups is 1. The molecule has 0 aliphatic carbocycles. The van der Waals surface area contributed by atoms with E-state index in [1.165, 1.54) is 39.7 Å². The number of nitro groups is 1. The molecule has 1 N–H and O–H groups in total. The fourth-order valence-corrected chi connectivity index (χ4v) is 4.83. The second-order valence-electron chi connectivity index (χ2n) is 6.85. The molecule has 0 bridgehead atoms. The number of nitrogens with one attached hydrogen (secondary N) is 1. The molecule has 150 valence electrons. The van der Waals surface area contributed by atoms with Gasteiger partial charge in [0.2, 0.25) is 10.0 Å². The lowest BCUT2D eigenvalue weighted by atomic mass is 9.93. The zero-order valence-electron chi connectivity index (χ0n) is 15.5. The quantitative estimate of drug-likeness (QED) is 0.592. The van der Waals surface area contributed by atoms with Crippen molar-refractivity contribution in [2.75, 3.05) is 27.2 Å². The molecule has 1 saturated heterocycles. The van der Waals surface area contributed by atoms with E-state index in [1.54, 1.807) is 14.1 Å². The summed E-state index contributed by atoms with van der Waals surface area (Å²) in [6.45, 7) is 0.552. The number of aromatic nitrogens is 2. The lowest BCUT2D eigenvalue weighted by molar-refractivity contribution is -0.384. The molecule has 2 heterocycles. The van der Waals surface area contributed by atoms with Gasteiger partial charge in [-0.25, -0.2) is 8.42 Å². The summed E-state index contributed by atoms with van der Waals surface area (Å²) in [4.78, 5) is 24.0. The SMILES string of the molecule is CN(C)C(=O)c1cn[nH]c1[C@@H]1CCCN(S(=O)(=O)c2ccc([N+](=O)[O-])cc2)C1. The molecule has 1 aromatic carbocycles. The summed E-state index contributed by atoms with van der Waals surface area (Å²) >= 11 is 0. The molecular weight excluding hydrogens is 386 g/mol. The van der Waals surface area contributed by atoms with Gasteiger partial charge in [0.1, 0.15) is 0 Å². The molecule has 1 aliphatic rings. The zero-order chi connectivity index (χ0) is 20.5. The zero-order valence-corrected chi connectivity index (χ0v) is 16.3. The van der Waals surface area contributed by atoms with Gasteiger partial charge in [0, 0.05) is 45.2 Å². The molecule has 0 spiro atoms. The van der Waals surface area contributed by atoms with Crippen molar-refractivity contribution in [2.24, 2.45) is 0 Å². The van der Waals surface area contributed by atoms with Gasteiger partial charge in [0.05, 0.1) is 27.3 Å². The monoisotopic (exact) mass is 407 g/mol. The van der Waals surface area contributed by atoms with Crippen molar-refractivity contribution in [3.63, 3.8) is 0 Å². The summed E-state index contributed by atoms with van der Waals surface area (Å²) < 4.78 is 27.3. The van der Waals surface area contributed by atoms with Crippen molar-refractivity contribution in [1.29, 1.82) is 0 Å². The molecule has 1 fully saturated rings. The van der Waals surface area contributed by atoms with Gasteiger partial charge in [-0.05, 0) is 25.0 Å². The molecule has 3 rings (SSSR count). The van der Waals surface area contributed by atoms with Crippen molar-refractivity contribution < 1.29 is 18.1 Å². The number of hydrogen-bond acceptors (Lipinski definition) is 6. The summed E-state index contributed by atoms with van der Waals surface area (Å²) in [7, 11) is -0.508. The maximum atomic E-state index is 13.0. The molecule has 10 nitrogen and oxygen atoms in total. The van der Waals surface area contributed by atoms with Crippen molar-refractivity contribution in [1.82, 2.24) is 19.4 Å². The Morgan fingerprint density at radius 3 is 2.61 bits per heavy atom. The Hall–Kier alpha value is -2.79. The number of carbonyl (C=O) groups excluding carboxylic acids is 1. The molecule has 1 aliphatic heterocycles. The highest BCUT2D eigenvalue weighted by molar-refractivity contribution is 7.89. The molecule has 2 aromatic rings. The number of sulfonamides is 1. The van der Waals surface area contributed by atoms with Gasteiger partial charge >= 0.3 is 0 Å². The third-order valence-electron chi connectivity index (χ3n) is 4.78. The van der Waals surface area contributed by atoms with Crippen LogP contribution in [0, 0.1) is 10.1 Å². The number of non-ortho nitro benzene ring substituents is 1. The van der Waals surface area contributed by atoms with E-state index in [4.69, 9.17) is 0 Å². The first-order chi connectivity index (χ1) is 13.2. The first-order valence-electron chi connectivity index (χ1n) is 8.71. The smallest absolute Gasteiger partial charge is 0.269 e. The van der Waals surface area contributed by atoms with E-state index >= 15 is 0 Å². The minimum Gasteiger partial charge on any atom is -0.345 e. The van der Waals surface area contributed by atoms with Crippen LogP contribution in [0.4, 0.5) is 5.69 Å². The average Bonchev–Trinajstić information content (AvgIpc) is 3.17. The van der Waals surface area contributed by atoms with Crippen molar-refractivity contribution >= 4 is 21.6 Å². The number of aromatic amines is 1. The molecule has 0 saturated carbocycles. The van der Waals surface area contributed by atoms with Crippen LogP contribution in [0.25, 0.3) is 0 Å². The number of H-pyrrole nitrogens is 1. The Labute approximate surface area is 162 Å². The molecule has 1 aromatic heterocycles. The third kappa shape index (κ3) is 3.76. The summed E-state index contributed by atoms with van der Waals surface area (Å²) in [5.74, 6) is -0.387. The van der Waals surface area contributed by atoms with Crippen LogP contribution < -0.4 is 0 Å². The maximum absolute atomic E-state index is 13.0. The summed E-state index contributed by atoms with van der Waals surface area (Å²) in [5.41, 5.74) is 0.895. The first-order valence-corrected chi connectivity index (χ1v) is 10.2. The van der Waals surface area contributed by atoms with E-state index in [0.29, 0.717) is 24.2 Å². The van der Waals surface area contributed by atoms with Crippen LogP contribution in [0.2, 0.25) is 0 Å². The fourth-order valence-electron chi connectivity index (χ4n) is 3.30. The van der Waals surface area contributed by atoms with Gasteiger partial charge in [-0.15, -0.1) is 0 Å². The lowest BCUT2D eigenvalue weighted by Crippen LogP contribution is -2.39. The van der Waals surface area contributed by atoms with Crippen LogP contribution in [-0.2, 0) is 10.0 Å². The molecule has 1 amide bonds. The van der Waals surface area contributed by atoms with Crippen LogP contribution in [-0.4, -0.2) is 65.8 Å². The van der Waals surface area contributed by atoms with E-state index in [9.17, 15) is 23.3 Å². The summed E-state index contributed by atoms with van der Waals surface area (Å²) in [6, 6.07) is 4.84. The second kappa shape index (κ2) is 7.68. The lowest BCUT2D eigenvalue weighted by Gasteiger charge is -2.31. The van der Waals surface area contributed by atoms with Gasteiger partial charge in [0.15, 0.2) is 0 Å². The van der Waals surface area contributed by atoms with E-state index < -0.39 is 14.9 Å². The second-order valence-corrected chi connectivity index (χ2v) is 8.79. The van der Waals surface area contributed by atoms with Crippen molar-refractivity contribution in [2.45, 2.75) is 23.7 Å². The molecule has 11 heteroatoms. The predicted molar refractivity (Wildman–Crippen MR) is 100 cm³/mol. The number of nitro benzene ring substituents is 1. The van der Waals surface area contributed by atoms with Crippen molar-refractivity contribution in [3.8, 4) is 0 Å². The van der Waals surface area contributed by atoms with E-state index in [0.717, 1.165) is 6.42 Å². The van der Waals surface area contributed by atoms with Crippen LogP contribution in [0.15, 0.2) is 35.4 Å². The van der Waals surface area contributed by atoms with E-state index in [2.05, 4.69) is 10.2 Å². The minimum absolute atomic E-state index is 0.00736. The molecule has 0 unspecified atom stereocenters. The van der Waals surface area contributed by atoms with Crippen LogP contribution in [0.1, 0.15) is 34.8 Å². The maximum Gasteiger partial charge on any atom is 0.269 e.